The Kier molecular flexibility index (Phi) is 4.51. The van der Waals surface area contributed by atoms with E-state index in [1.54, 1.807) is 0 Å². The van der Waals surface area contributed by atoms with Crippen molar-refractivity contribution in [3.63, 3.8) is 0 Å². The lowest BCUT2D eigenvalue weighted by Crippen LogP contribution is -2.18. The summed E-state index contributed by atoms with van der Waals surface area (Å²) in [5, 5.41) is 9.28. The van der Waals surface area contributed by atoms with Crippen LogP contribution in [0.15, 0.2) is 54.7 Å². The van der Waals surface area contributed by atoms with Crippen LogP contribution in [0.3, 0.4) is 0 Å². The number of hydrogen-bond donors (Lipinski definition) is 1. The van der Waals surface area contributed by atoms with Crippen LogP contribution in [0.25, 0.3) is 22.2 Å². The molecular formula is C24H25N5. The highest BCUT2D eigenvalue weighted by Crippen LogP contribution is 2.33. The third-order valence-electron chi connectivity index (χ3n) is 5.77. The van der Waals surface area contributed by atoms with Crippen LogP contribution in [-0.4, -0.2) is 19.7 Å². The number of aromatic nitrogens is 4. The highest BCUT2D eigenvalue weighted by Gasteiger charge is 2.20. The Hall–Kier alpha value is -3.21. The SMILES string of the molecule is CCn1ncc2ccc(-c3cc(N[C@@H]4CCCc5ccccc54)nc(C)n3)cc21. The van der Waals surface area contributed by atoms with Crippen molar-refractivity contribution in [3.8, 4) is 11.3 Å². The molecule has 5 heteroatoms. The van der Waals surface area contributed by atoms with Crippen LogP contribution in [0.5, 0.6) is 0 Å². The van der Waals surface area contributed by atoms with Crippen molar-refractivity contribution >= 4 is 16.7 Å². The molecule has 0 saturated heterocycles. The molecule has 2 aromatic carbocycles. The van der Waals surface area contributed by atoms with E-state index < -0.39 is 0 Å². The zero-order chi connectivity index (χ0) is 19.8. The van der Waals surface area contributed by atoms with Crippen molar-refractivity contribution in [2.45, 2.75) is 45.7 Å². The summed E-state index contributed by atoms with van der Waals surface area (Å²) in [5.41, 5.74) is 6.00. The molecule has 0 saturated carbocycles. The van der Waals surface area contributed by atoms with E-state index in [0.29, 0.717) is 6.04 Å². The van der Waals surface area contributed by atoms with Crippen LogP contribution in [0, 0.1) is 6.92 Å². The van der Waals surface area contributed by atoms with E-state index >= 15 is 0 Å². The number of anilines is 1. The van der Waals surface area contributed by atoms with Gasteiger partial charge in [0.05, 0.1) is 23.4 Å². The van der Waals surface area contributed by atoms with E-state index in [4.69, 9.17) is 4.98 Å². The molecule has 0 radical (unpaired) electrons. The van der Waals surface area contributed by atoms with Gasteiger partial charge in [-0.05, 0) is 50.3 Å². The predicted octanol–water partition coefficient (Wildman–Crippen LogP) is 5.31. The molecule has 5 rings (SSSR count). The minimum Gasteiger partial charge on any atom is -0.363 e. The maximum absolute atomic E-state index is 4.71. The van der Waals surface area contributed by atoms with Gasteiger partial charge in [0.2, 0.25) is 0 Å². The summed E-state index contributed by atoms with van der Waals surface area (Å²) in [6.45, 7) is 4.92. The molecule has 4 aromatic rings. The topological polar surface area (TPSA) is 55.6 Å². The lowest BCUT2D eigenvalue weighted by atomic mass is 9.88. The number of hydrogen-bond acceptors (Lipinski definition) is 4. The summed E-state index contributed by atoms with van der Waals surface area (Å²) in [6, 6.07) is 17.5. The van der Waals surface area contributed by atoms with Crippen LogP contribution < -0.4 is 5.32 Å². The van der Waals surface area contributed by atoms with Gasteiger partial charge in [0.1, 0.15) is 11.6 Å². The Bertz CT molecular complexity index is 1180. The first-order valence-electron chi connectivity index (χ1n) is 10.4. The second-order valence-corrected chi connectivity index (χ2v) is 7.71. The Labute approximate surface area is 170 Å². The lowest BCUT2D eigenvalue weighted by molar-refractivity contribution is 0.598. The number of nitrogens with one attached hydrogen (secondary N) is 1. The van der Waals surface area contributed by atoms with Gasteiger partial charge in [-0.25, -0.2) is 9.97 Å². The lowest BCUT2D eigenvalue weighted by Gasteiger charge is -2.27. The Morgan fingerprint density at radius 2 is 2.00 bits per heavy atom. The van der Waals surface area contributed by atoms with Gasteiger partial charge in [-0.1, -0.05) is 36.4 Å². The second-order valence-electron chi connectivity index (χ2n) is 7.71. The van der Waals surface area contributed by atoms with E-state index in [9.17, 15) is 0 Å². The van der Waals surface area contributed by atoms with Crippen molar-refractivity contribution in [3.05, 3.63) is 71.7 Å². The first kappa shape index (κ1) is 17.9. The first-order valence-corrected chi connectivity index (χ1v) is 10.4. The molecule has 1 atom stereocenters. The molecule has 1 aliphatic rings. The minimum absolute atomic E-state index is 0.297. The van der Waals surface area contributed by atoms with Crippen molar-refractivity contribution in [1.82, 2.24) is 19.7 Å². The molecule has 5 nitrogen and oxygen atoms in total. The smallest absolute Gasteiger partial charge is 0.130 e. The Balaban J connectivity index is 1.50. The highest BCUT2D eigenvalue weighted by molar-refractivity contribution is 5.84. The Morgan fingerprint density at radius 1 is 1.10 bits per heavy atom. The number of rotatable bonds is 4. The van der Waals surface area contributed by atoms with Crippen molar-refractivity contribution in [2.75, 3.05) is 5.32 Å². The van der Waals surface area contributed by atoms with Gasteiger partial charge < -0.3 is 5.32 Å². The molecule has 0 spiro atoms. The molecule has 0 amide bonds. The van der Waals surface area contributed by atoms with Gasteiger partial charge in [0.25, 0.3) is 0 Å². The second kappa shape index (κ2) is 7.32. The standard InChI is InChI=1S/C24H25N5/c1-3-29-23-13-18(11-12-19(23)15-25-29)22-14-24(27-16(2)26-22)28-21-10-6-8-17-7-4-5-9-20(17)21/h4-5,7,9,11-15,21H,3,6,8,10H2,1-2H3,(H,26,27,28)/t21-/m1/s1. The van der Waals surface area contributed by atoms with Crippen LogP contribution in [0.2, 0.25) is 0 Å². The number of benzene rings is 2. The first-order chi connectivity index (χ1) is 14.2. The molecule has 1 N–H and O–H groups in total. The monoisotopic (exact) mass is 383 g/mol. The number of nitrogens with zero attached hydrogens (tertiary/aromatic N) is 4. The molecule has 2 heterocycles. The van der Waals surface area contributed by atoms with Crippen molar-refractivity contribution in [2.24, 2.45) is 0 Å². The maximum atomic E-state index is 4.71. The van der Waals surface area contributed by atoms with Crippen molar-refractivity contribution in [1.29, 1.82) is 0 Å². The van der Waals surface area contributed by atoms with Gasteiger partial charge in [-0.2, -0.15) is 5.10 Å². The zero-order valence-electron chi connectivity index (χ0n) is 16.9. The average Bonchev–Trinajstić information content (AvgIpc) is 3.16. The van der Waals surface area contributed by atoms with E-state index in [0.717, 1.165) is 53.2 Å². The molecule has 1 aliphatic carbocycles. The van der Waals surface area contributed by atoms with Gasteiger partial charge in [0.15, 0.2) is 0 Å². The molecule has 0 unspecified atom stereocenters. The summed E-state index contributed by atoms with van der Waals surface area (Å²) in [6.07, 6.45) is 5.40. The summed E-state index contributed by atoms with van der Waals surface area (Å²) in [7, 11) is 0. The molecule has 2 aromatic heterocycles. The third-order valence-corrected chi connectivity index (χ3v) is 5.77. The fraction of sp³-hybridized carbons (Fsp3) is 0.292. The maximum Gasteiger partial charge on any atom is 0.130 e. The third kappa shape index (κ3) is 3.37. The average molecular weight is 383 g/mol. The Morgan fingerprint density at radius 3 is 2.90 bits per heavy atom. The molecular weight excluding hydrogens is 358 g/mol. The van der Waals surface area contributed by atoms with Crippen LogP contribution in [0.4, 0.5) is 5.82 Å². The molecule has 146 valence electrons. The quantitative estimate of drug-likeness (QED) is 0.519. The summed E-state index contributed by atoms with van der Waals surface area (Å²) in [5.74, 6) is 1.66. The minimum atomic E-state index is 0.297. The van der Waals surface area contributed by atoms with E-state index in [2.05, 4.69) is 70.9 Å². The van der Waals surface area contributed by atoms with Crippen LogP contribution in [0.1, 0.15) is 42.8 Å². The van der Waals surface area contributed by atoms with E-state index in [-0.39, 0.29) is 0 Å². The van der Waals surface area contributed by atoms with Crippen LogP contribution in [-0.2, 0) is 13.0 Å². The summed E-state index contributed by atoms with van der Waals surface area (Å²) in [4.78, 5) is 9.38. The predicted molar refractivity (Wildman–Crippen MR) is 117 cm³/mol. The largest absolute Gasteiger partial charge is 0.363 e. The van der Waals surface area contributed by atoms with Gasteiger partial charge in [0, 0.05) is 23.6 Å². The fourth-order valence-electron chi connectivity index (χ4n) is 4.35. The summed E-state index contributed by atoms with van der Waals surface area (Å²) < 4.78 is 2.02. The zero-order valence-corrected chi connectivity index (χ0v) is 16.9. The number of aryl methyl sites for hydroxylation is 3. The van der Waals surface area contributed by atoms with Gasteiger partial charge in [-0.15, -0.1) is 0 Å². The molecule has 0 aliphatic heterocycles. The molecule has 0 fully saturated rings. The molecule has 0 bridgehead atoms. The highest BCUT2D eigenvalue weighted by atomic mass is 15.3. The summed E-state index contributed by atoms with van der Waals surface area (Å²) >= 11 is 0. The fourth-order valence-corrected chi connectivity index (χ4v) is 4.35. The van der Waals surface area contributed by atoms with E-state index in [1.165, 1.54) is 17.5 Å². The van der Waals surface area contributed by atoms with E-state index in [1.807, 2.05) is 17.8 Å². The number of fused-ring (bicyclic) bond motifs is 2. The van der Waals surface area contributed by atoms with Crippen molar-refractivity contribution < 1.29 is 0 Å². The van der Waals surface area contributed by atoms with Gasteiger partial charge >= 0.3 is 0 Å². The molecule has 29 heavy (non-hydrogen) atoms. The van der Waals surface area contributed by atoms with Gasteiger partial charge in [-0.3, -0.25) is 4.68 Å². The van der Waals surface area contributed by atoms with Crippen LogP contribution >= 0.6 is 0 Å². The normalized spacial score (nSPS) is 16.0.